The predicted octanol–water partition coefficient (Wildman–Crippen LogP) is 3.18. The third-order valence-corrected chi connectivity index (χ3v) is 6.80. The Hall–Kier alpha value is -3.27. The van der Waals surface area contributed by atoms with Crippen LogP contribution in [-0.4, -0.2) is 29.1 Å². The van der Waals surface area contributed by atoms with Crippen molar-refractivity contribution >= 4 is 21.6 Å². The topological polar surface area (TPSA) is 106 Å². The van der Waals surface area contributed by atoms with Gasteiger partial charge in [-0.25, -0.2) is 12.8 Å². The number of aryl methyl sites for hydroxylation is 2. The van der Waals surface area contributed by atoms with E-state index in [-0.39, 0.29) is 28.6 Å². The lowest BCUT2D eigenvalue weighted by atomic mass is 10.2. The van der Waals surface area contributed by atoms with Crippen LogP contribution in [0.4, 0.5) is 10.1 Å². The van der Waals surface area contributed by atoms with Crippen molar-refractivity contribution in [2.45, 2.75) is 50.6 Å². The van der Waals surface area contributed by atoms with Crippen LogP contribution in [0.15, 0.2) is 47.4 Å². The molecule has 2 heterocycles. The first-order valence-electron chi connectivity index (χ1n) is 10.4. The summed E-state index contributed by atoms with van der Waals surface area (Å²) in [6.07, 6.45) is 4.17. The number of nitrogens with one attached hydrogen (secondary N) is 2. The minimum Gasteiger partial charge on any atom is -0.345 e. The van der Waals surface area contributed by atoms with Crippen LogP contribution in [0.25, 0.3) is 0 Å². The number of fused-ring (bicyclic) bond motifs is 1. The van der Waals surface area contributed by atoms with Crippen molar-refractivity contribution in [3.05, 3.63) is 71.1 Å². The Kier molecular flexibility index (Phi) is 6.22. The molecule has 4 rings (SSSR count). The van der Waals surface area contributed by atoms with Gasteiger partial charge < -0.3 is 9.88 Å². The Morgan fingerprint density at radius 2 is 1.97 bits per heavy atom. The second-order valence-corrected chi connectivity index (χ2v) is 9.46. The standard InChI is InChI=1S/C22H24FN5O3S/c1-15-9-10-18(13-19(15)23)32(30,31)27-17-7-5-6-16(12-17)22(29)24-14-21-26-25-20-8-3-2-4-11-28(20)21/h5-7,9-10,12-13,27H,2-4,8,11,14H2,1H3,(H,24,29). The van der Waals surface area contributed by atoms with Gasteiger partial charge in [0.2, 0.25) is 0 Å². The highest BCUT2D eigenvalue weighted by molar-refractivity contribution is 7.92. The highest BCUT2D eigenvalue weighted by Crippen LogP contribution is 2.20. The van der Waals surface area contributed by atoms with Crippen molar-refractivity contribution in [1.82, 2.24) is 20.1 Å². The van der Waals surface area contributed by atoms with Gasteiger partial charge in [-0.1, -0.05) is 18.6 Å². The number of nitrogens with zero attached hydrogens (tertiary/aromatic N) is 3. The van der Waals surface area contributed by atoms with E-state index >= 15 is 0 Å². The van der Waals surface area contributed by atoms with E-state index in [9.17, 15) is 17.6 Å². The van der Waals surface area contributed by atoms with Gasteiger partial charge in [0.15, 0.2) is 5.82 Å². The third kappa shape index (κ3) is 4.80. The number of anilines is 1. The number of aromatic nitrogens is 3. The van der Waals surface area contributed by atoms with Gasteiger partial charge in [-0.15, -0.1) is 10.2 Å². The molecule has 0 spiro atoms. The van der Waals surface area contributed by atoms with Crippen molar-refractivity contribution in [2.24, 2.45) is 0 Å². The maximum Gasteiger partial charge on any atom is 0.261 e. The lowest BCUT2D eigenvalue weighted by Gasteiger charge is -2.11. The van der Waals surface area contributed by atoms with E-state index in [0.29, 0.717) is 11.4 Å². The fourth-order valence-corrected chi connectivity index (χ4v) is 4.68. The van der Waals surface area contributed by atoms with Crippen LogP contribution in [0.3, 0.4) is 0 Å². The predicted molar refractivity (Wildman–Crippen MR) is 117 cm³/mol. The van der Waals surface area contributed by atoms with E-state index in [1.165, 1.54) is 24.3 Å². The van der Waals surface area contributed by atoms with Gasteiger partial charge in [-0.2, -0.15) is 0 Å². The molecule has 0 saturated heterocycles. The Balaban J connectivity index is 1.45. The highest BCUT2D eigenvalue weighted by atomic mass is 32.2. The van der Waals surface area contributed by atoms with Crippen LogP contribution in [0.1, 0.15) is 46.8 Å². The summed E-state index contributed by atoms with van der Waals surface area (Å²) in [5.41, 5.74) is 0.845. The van der Waals surface area contributed by atoms with Gasteiger partial charge in [0, 0.05) is 24.2 Å². The average molecular weight is 458 g/mol. The molecule has 1 aliphatic rings. The molecule has 168 valence electrons. The first-order valence-corrected chi connectivity index (χ1v) is 11.9. The van der Waals surface area contributed by atoms with E-state index < -0.39 is 15.8 Å². The lowest BCUT2D eigenvalue weighted by molar-refractivity contribution is 0.0949. The molecule has 32 heavy (non-hydrogen) atoms. The number of carbonyl (C=O) groups excluding carboxylic acids is 1. The molecular formula is C22H24FN5O3S. The number of halogens is 1. The molecule has 3 aromatic rings. The first kappa shape index (κ1) is 21.9. The van der Waals surface area contributed by atoms with Gasteiger partial charge in [0.1, 0.15) is 11.6 Å². The van der Waals surface area contributed by atoms with Crippen LogP contribution in [-0.2, 0) is 29.5 Å². The van der Waals surface area contributed by atoms with Crippen molar-refractivity contribution in [1.29, 1.82) is 0 Å². The maximum atomic E-state index is 13.8. The number of hydrogen-bond donors (Lipinski definition) is 2. The van der Waals surface area contributed by atoms with Crippen molar-refractivity contribution in [2.75, 3.05) is 4.72 Å². The molecule has 2 N–H and O–H groups in total. The Bertz CT molecular complexity index is 1260. The quantitative estimate of drug-likeness (QED) is 0.591. The molecule has 0 aliphatic carbocycles. The molecule has 2 aromatic carbocycles. The zero-order valence-electron chi connectivity index (χ0n) is 17.6. The molecule has 0 unspecified atom stereocenters. The Morgan fingerprint density at radius 1 is 1.12 bits per heavy atom. The molecule has 0 radical (unpaired) electrons. The first-order chi connectivity index (χ1) is 15.3. The van der Waals surface area contributed by atoms with Gasteiger partial charge >= 0.3 is 0 Å². The largest absolute Gasteiger partial charge is 0.345 e. The van der Waals surface area contributed by atoms with Crippen LogP contribution in [0, 0.1) is 12.7 Å². The summed E-state index contributed by atoms with van der Waals surface area (Å²) < 4.78 is 43.4. The molecule has 0 saturated carbocycles. The van der Waals surface area contributed by atoms with Crippen LogP contribution < -0.4 is 10.0 Å². The molecule has 0 fully saturated rings. The average Bonchev–Trinajstić information content (AvgIpc) is 2.99. The molecular weight excluding hydrogens is 433 g/mol. The summed E-state index contributed by atoms with van der Waals surface area (Å²) in [6, 6.07) is 9.82. The number of benzene rings is 2. The van der Waals surface area contributed by atoms with Gasteiger partial charge in [0.25, 0.3) is 15.9 Å². The van der Waals surface area contributed by atoms with E-state index in [1.54, 1.807) is 19.1 Å². The van der Waals surface area contributed by atoms with Gasteiger partial charge in [-0.3, -0.25) is 9.52 Å². The number of rotatable bonds is 6. The number of hydrogen-bond acceptors (Lipinski definition) is 5. The summed E-state index contributed by atoms with van der Waals surface area (Å²) in [6.45, 7) is 2.62. The second-order valence-electron chi connectivity index (χ2n) is 7.77. The molecule has 1 amide bonds. The van der Waals surface area contributed by atoms with E-state index in [0.717, 1.165) is 44.1 Å². The molecule has 8 nitrogen and oxygen atoms in total. The van der Waals surface area contributed by atoms with E-state index in [1.807, 2.05) is 0 Å². The Morgan fingerprint density at radius 3 is 2.78 bits per heavy atom. The van der Waals surface area contributed by atoms with Crippen molar-refractivity contribution in [3.8, 4) is 0 Å². The maximum absolute atomic E-state index is 13.8. The molecule has 1 aliphatic heterocycles. The third-order valence-electron chi connectivity index (χ3n) is 5.42. The van der Waals surface area contributed by atoms with Crippen LogP contribution in [0.5, 0.6) is 0 Å². The minimum atomic E-state index is -4.00. The molecule has 0 bridgehead atoms. The highest BCUT2D eigenvalue weighted by Gasteiger charge is 2.18. The molecule has 10 heteroatoms. The number of carbonyl (C=O) groups is 1. The van der Waals surface area contributed by atoms with Crippen LogP contribution >= 0.6 is 0 Å². The fraction of sp³-hybridized carbons (Fsp3) is 0.318. The zero-order valence-corrected chi connectivity index (χ0v) is 18.5. The van der Waals surface area contributed by atoms with Gasteiger partial charge in [-0.05, 0) is 55.7 Å². The van der Waals surface area contributed by atoms with E-state index in [2.05, 4.69) is 24.8 Å². The SMILES string of the molecule is Cc1ccc(S(=O)(=O)Nc2cccc(C(=O)NCc3nnc4n3CCCCC4)c2)cc1F. The summed E-state index contributed by atoms with van der Waals surface area (Å²) in [4.78, 5) is 12.5. The Labute approximate surface area is 185 Å². The summed E-state index contributed by atoms with van der Waals surface area (Å²) in [5, 5.41) is 11.2. The van der Waals surface area contributed by atoms with Crippen molar-refractivity contribution < 1.29 is 17.6 Å². The summed E-state index contributed by atoms with van der Waals surface area (Å²) >= 11 is 0. The summed E-state index contributed by atoms with van der Waals surface area (Å²) in [5.74, 6) is 0.676. The smallest absolute Gasteiger partial charge is 0.261 e. The fourth-order valence-electron chi connectivity index (χ4n) is 3.62. The minimum absolute atomic E-state index is 0.192. The molecule has 0 atom stereocenters. The molecule has 1 aromatic heterocycles. The second kappa shape index (κ2) is 9.07. The monoisotopic (exact) mass is 457 g/mol. The lowest BCUT2D eigenvalue weighted by Crippen LogP contribution is -2.25. The number of amides is 1. The number of sulfonamides is 1. The summed E-state index contributed by atoms with van der Waals surface area (Å²) in [7, 11) is -4.00. The zero-order chi connectivity index (χ0) is 22.7. The normalized spacial score (nSPS) is 13.8. The van der Waals surface area contributed by atoms with Crippen LogP contribution in [0.2, 0.25) is 0 Å². The van der Waals surface area contributed by atoms with E-state index in [4.69, 9.17) is 0 Å². The van der Waals surface area contributed by atoms with Crippen molar-refractivity contribution in [3.63, 3.8) is 0 Å². The van der Waals surface area contributed by atoms with Gasteiger partial charge in [0.05, 0.1) is 11.4 Å².